The largest absolute Gasteiger partial charge is 0.443 e. The Balaban J connectivity index is 1.77. The summed E-state index contributed by atoms with van der Waals surface area (Å²) in [5.74, 6) is 0.699. The van der Waals surface area contributed by atoms with Gasteiger partial charge in [0.25, 0.3) is 0 Å². The van der Waals surface area contributed by atoms with E-state index in [1.54, 1.807) is 0 Å². The van der Waals surface area contributed by atoms with Crippen molar-refractivity contribution in [1.82, 2.24) is 10.2 Å². The maximum Gasteiger partial charge on any atom is 0.238 e. The minimum Gasteiger partial charge on any atom is -0.443 e. The van der Waals surface area contributed by atoms with Crippen LogP contribution in [-0.2, 0) is 11.2 Å². The molecule has 0 spiro atoms. The fourth-order valence-corrected chi connectivity index (χ4v) is 3.23. The zero-order valence-electron chi connectivity index (χ0n) is 16.2. The third-order valence-corrected chi connectivity index (χ3v) is 5.14. The Kier molecular flexibility index (Phi) is 6.36. The number of nitrogens with zero attached hydrogens (tertiary/aromatic N) is 1. The number of hydrogen-bond acceptors (Lipinski definition) is 7. The standard InChI is InChI=1S/C20H28N2O6/c1-10(2)13-6-4-12(5-7-13)8-14-11(3)21-22-19(14)28-20-18(26)17(25)16(24)15(9-23)27-20/h4-7,10,15-18,20,23-26H,8-9H2,1-3H3,(H,21,22)/t15-,16-,17+,18-,20+/m1/s1. The normalized spacial score (nSPS) is 27.9. The summed E-state index contributed by atoms with van der Waals surface area (Å²) in [6.45, 7) is 5.63. The van der Waals surface area contributed by atoms with Crippen LogP contribution in [0.5, 0.6) is 5.88 Å². The molecule has 1 aromatic heterocycles. The number of aliphatic hydroxyl groups is 4. The maximum atomic E-state index is 10.2. The smallest absolute Gasteiger partial charge is 0.238 e. The second-order valence-electron chi connectivity index (χ2n) is 7.52. The summed E-state index contributed by atoms with van der Waals surface area (Å²) >= 11 is 0. The predicted molar refractivity (Wildman–Crippen MR) is 101 cm³/mol. The Labute approximate surface area is 163 Å². The molecular formula is C20H28N2O6. The molecule has 0 radical (unpaired) electrons. The monoisotopic (exact) mass is 392 g/mol. The Hall–Kier alpha value is -1.97. The van der Waals surface area contributed by atoms with E-state index in [0.717, 1.165) is 16.8 Å². The van der Waals surface area contributed by atoms with Crippen molar-refractivity contribution >= 4 is 0 Å². The van der Waals surface area contributed by atoms with Gasteiger partial charge in [0, 0.05) is 17.7 Å². The van der Waals surface area contributed by atoms with Crippen LogP contribution < -0.4 is 4.74 Å². The molecule has 3 rings (SSSR count). The Morgan fingerprint density at radius 1 is 1.11 bits per heavy atom. The first-order valence-electron chi connectivity index (χ1n) is 9.41. The molecule has 2 heterocycles. The highest BCUT2D eigenvalue weighted by Crippen LogP contribution is 2.28. The van der Waals surface area contributed by atoms with Gasteiger partial charge in [-0.25, -0.2) is 0 Å². The van der Waals surface area contributed by atoms with E-state index in [1.807, 2.05) is 6.92 Å². The summed E-state index contributed by atoms with van der Waals surface area (Å²) in [7, 11) is 0. The molecule has 1 fully saturated rings. The number of hydrogen-bond donors (Lipinski definition) is 5. The Bertz CT molecular complexity index is 774. The second-order valence-corrected chi connectivity index (χ2v) is 7.52. The number of benzene rings is 1. The summed E-state index contributed by atoms with van der Waals surface area (Å²) in [6, 6.07) is 8.29. The molecule has 8 heteroatoms. The number of aliphatic hydroxyl groups excluding tert-OH is 4. The van der Waals surface area contributed by atoms with Crippen molar-refractivity contribution in [2.24, 2.45) is 0 Å². The molecule has 8 nitrogen and oxygen atoms in total. The van der Waals surface area contributed by atoms with Gasteiger partial charge in [0.1, 0.15) is 24.4 Å². The molecule has 0 bridgehead atoms. The van der Waals surface area contributed by atoms with E-state index < -0.39 is 37.3 Å². The first-order chi connectivity index (χ1) is 13.3. The number of H-pyrrole nitrogens is 1. The number of ether oxygens (including phenoxy) is 2. The molecule has 0 aliphatic carbocycles. The maximum absolute atomic E-state index is 10.2. The van der Waals surface area contributed by atoms with Gasteiger partial charge in [-0.15, -0.1) is 5.10 Å². The summed E-state index contributed by atoms with van der Waals surface area (Å²) in [4.78, 5) is 0. The first-order valence-corrected chi connectivity index (χ1v) is 9.41. The zero-order valence-corrected chi connectivity index (χ0v) is 16.2. The molecule has 1 aliphatic heterocycles. The van der Waals surface area contributed by atoms with E-state index in [2.05, 4.69) is 48.3 Å². The van der Waals surface area contributed by atoms with Gasteiger partial charge in [0.05, 0.1) is 6.61 Å². The topological polar surface area (TPSA) is 128 Å². The lowest BCUT2D eigenvalue weighted by atomic mass is 9.98. The first kappa shape index (κ1) is 20.8. The van der Waals surface area contributed by atoms with Crippen LogP contribution in [0.4, 0.5) is 0 Å². The zero-order chi connectivity index (χ0) is 20.4. The van der Waals surface area contributed by atoms with Gasteiger partial charge in [-0.2, -0.15) is 0 Å². The van der Waals surface area contributed by atoms with Gasteiger partial charge in [-0.1, -0.05) is 38.1 Å². The molecule has 154 valence electrons. The van der Waals surface area contributed by atoms with Crippen LogP contribution in [0, 0.1) is 6.92 Å². The van der Waals surface area contributed by atoms with Crippen LogP contribution in [-0.4, -0.2) is 67.9 Å². The fourth-order valence-electron chi connectivity index (χ4n) is 3.23. The summed E-state index contributed by atoms with van der Waals surface area (Å²) in [6.07, 6.45) is -6.14. The highest BCUT2D eigenvalue weighted by Gasteiger charge is 2.45. The number of aromatic amines is 1. The van der Waals surface area contributed by atoms with Gasteiger partial charge in [-0.3, -0.25) is 5.10 Å². The van der Waals surface area contributed by atoms with Crippen LogP contribution >= 0.6 is 0 Å². The van der Waals surface area contributed by atoms with E-state index in [9.17, 15) is 20.4 Å². The third kappa shape index (κ3) is 4.21. The van der Waals surface area contributed by atoms with Gasteiger partial charge < -0.3 is 29.9 Å². The van der Waals surface area contributed by atoms with Gasteiger partial charge >= 0.3 is 0 Å². The summed E-state index contributed by atoms with van der Waals surface area (Å²) in [5, 5.41) is 46.3. The van der Waals surface area contributed by atoms with Crippen molar-refractivity contribution in [3.05, 3.63) is 46.6 Å². The predicted octanol–water partition coefficient (Wildman–Crippen LogP) is 0.611. The van der Waals surface area contributed by atoms with Crippen LogP contribution in [0.15, 0.2) is 24.3 Å². The van der Waals surface area contributed by atoms with Gasteiger partial charge in [0.2, 0.25) is 12.2 Å². The molecule has 0 saturated carbocycles. The van der Waals surface area contributed by atoms with Gasteiger partial charge in [-0.05, 0) is 24.0 Å². The second kappa shape index (κ2) is 8.59. The van der Waals surface area contributed by atoms with Crippen molar-refractivity contribution in [1.29, 1.82) is 0 Å². The molecular weight excluding hydrogens is 364 g/mol. The number of nitrogens with one attached hydrogen (secondary N) is 1. The fraction of sp³-hybridized carbons (Fsp3) is 0.550. The average molecular weight is 392 g/mol. The van der Waals surface area contributed by atoms with E-state index in [0.29, 0.717) is 12.3 Å². The highest BCUT2D eigenvalue weighted by molar-refractivity contribution is 5.36. The van der Waals surface area contributed by atoms with Crippen LogP contribution in [0.1, 0.15) is 42.1 Å². The average Bonchev–Trinajstić information content (AvgIpc) is 3.02. The van der Waals surface area contributed by atoms with Gasteiger partial charge in [0.15, 0.2) is 0 Å². The molecule has 5 N–H and O–H groups in total. The molecule has 5 atom stereocenters. The minimum atomic E-state index is -1.50. The van der Waals surface area contributed by atoms with Crippen molar-refractivity contribution in [2.75, 3.05) is 6.61 Å². The number of rotatable bonds is 6. The van der Waals surface area contributed by atoms with E-state index in [1.165, 1.54) is 5.56 Å². The molecule has 1 aromatic carbocycles. The summed E-state index contributed by atoms with van der Waals surface area (Å²) < 4.78 is 11.1. The number of aromatic nitrogens is 2. The molecule has 0 amide bonds. The Morgan fingerprint density at radius 3 is 2.39 bits per heavy atom. The minimum absolute atomic E-state index is 0.245. The number of aryl methyl sites for hydroxylation is 1. The van der Waals surface area contributed by atoms with Crippen LogP contribution in [0.3, 0.4) is 0 Å². The summed E-state index contributed by atoms with van der Waals surface area (Å²) in [5.41, 5.74) is 3.94. The van der Waals surface area contributed by atoms with E-state index in [4.69, 9.17) is 9.47 Å². The van der Waals surface area contributed by atoms with E-state index >= 15 is 0 Å². The quantitative estimate of drug-likeness (QED) is 0.487. The molecule has 2 aromatic rings. The molecule has 0 unspecified atom stereocenters. The Morgan fingerprint density at radius 2 is 1.79 bits per heavy atom. The lowest BCUT2D eigenvalue weighted by Crippen LogP contribution is -2.60. The van der Waals surface area contributed by atoms with Crippen molar-refractivity contribution < 1.29 is 29.9 Å². The van der Waals surface area contributed by atoms with Crippen molar-refractivity contribution in [2.45, 2.75) is 63.8 Å². The lowest BCUT2D eigenvalue weighted by Gasteiger charge is -2.39. The third-order valence-electron chi connectivity index (χ3n) is 5.14. The molecule has 28 heavy (non-hydrogen) atoms. The van der Waals surface area contributed by atoms with E-state index in [-0.39, 0.29) is 5.88 Å². The molecule has 1 saturated heterocycles. The van der Waals surface area contributed by atoms with Crippen LogP contribution in [0.2, 0.25) is 0 Å². The van der Waals surface area contributed by atoms with Crippen molar-refractivity contribution in [3.63, 3.8) is 0 Å². The molecule has 1 aliphatic rings. The van der Waals surface area contributed by atoms with Crippen molar-refractivity contribution in [3.8, 4) is 5.88 Å². The lowest BCUT2D eigenvalue weighted by molar-refractivity contribution is -0.278. The van der Waals surface area contributed by atoms with Crippen LogP contribution in [0.25, 0.3) is 0 Å². The highest BCUT2D eigenvalue weighted by atomic mass is 16.7. The SMILES string of the molecule is Cc1[nH]nc(O[C@@H]2O[C@H](CO)[C@@H](O)[C@H](O)[C@H]2O)c1Cc1ccc(C(C)C)cc1.